The number of anilines is 3. The molecular formula is C23H32N4O. The predicted octanol–water partition coefficient (Wildman–Crippen LogP) is 3.79. The van der Waals surface area contributed by atoms with E-state index < -0.39 is 0 Å². The van der Waals surface area contributed by atoms with Crippen LogP contribution in [0.1, 0.15) is 26.3 Å². The molecule has 28 heavy (non-hydrogen) atoms. The molecular weight excluding hydrogens is 348 g/mol. The van der Waals surface area contributed by atoms with Crippen LogP contribution in [0.3, 0.4) is 0 Å². The van der Waals surface area contributed by atoms with Crippen molar-refractivity contribution in [1.82, 2.24) is 4.90 Å². The Balaban J connectivity index is 1.54. The SMILES string of the molecule is CN1CCN(c2ccc(NCC(=O)Nc3ccccc3C(C)(C)C)cc2)CC1. The zero-order valence-electron chi connectivity index (χ0n) is 17.5. The van der Waals surface area contributed by atoms with E-state index in [1.54, 1.807) is 0 Å². The van der Waals surface area contributed by atoms with Crippen LogP contribution in [0.5, 0.6) is 0 Å². The van der Waals surface area contributed by atoms with Gasteiger partial charge in [0.05, 0.1) is 6.54 Å². The Kier molecular flexibility index (Phi) is 6.25. The molecule has 1 aliphatic heterocycles. The fraction of sp³-hybridized carbons (Fsp3) is 0.435. The number of carbonyl (C=O) groups is 1. The Bertz CT molecular complexity index is 787. The molecule has 2 N–H and O–H groups in total. The van der Waals surface area contributed by atoms with Gasteiger partial charge >= 0.3 is 0 Å². The van der Waals surface area contributed by atoms with Gasteiger partial charge < -0.3 is 20.4 Å². The summed E-state index contributed by atoms with van der Waals surface area (Å²) in [6, 6.07) is 16.3. The lowest BCUT2D eigenvalue weighted by molar-refractivity contribution is -0.114. The summed E-state index contributed by atoms with van der Waals surface area (Å²) in [5, 5.41) is 6.26. The second-order valence-corrected chi connectivity index (χ2v) is 8.53. The van der Waals surface area contributed by atoms with E-state index in [1.165, 1.54) is 5.69 Å². The van der Waals surface area contributed by atoms with Crippen LogP contribution in [0.15, 0.2) is 48.5 Å². The van der Waals surface area contributed by atoms with Gasteiger partial charge in [0.25, 0.3) is 0 Å². The Morgan fingerprint density at radius 2 is 1.61 bits per heavy atom. The van der Waals surface area contributed by atoms with Crippen LogP contribution in [0, 0.1) is 0 Å². The summed E-state index contributed by atoms with van der Waals surface area (Å²) in [4.78, 5) is 17.2. The van der Waals surface area contributed by atoms with E-state index in [1.807, 2.05) is 30.3 Å². The van der Waals surface area contributed by atoms with Crippen molar-refractivity contribution >= 4 is 23.0 Å². The maximum absolute atomic E-state index is 12.4. The van der Waals surface area contributed by atoms with Crippen molar-refractivity contribution in [1.29, 1.82) is 0 Å². The molecule has 2 aromatic carbocycles. The Morgan fingerprint density at radius 1 is 0.964 bits per heavy atom. The van der Waals surface area contributed by atoms with Gasteiger partial charge in [-0.3, -0.25) is 4.79 Å². The number of piperazine rings is 1. The van der Waals surface area contributed by atoms with Gasteiger partial charge in [-0.2, -0.15) is 0 Å². The number of amides is 1. The highest BCUT2D eigenvalue weighted by atomic mass is 16.1. The molecule has 5 nitrogen and oxygen atoms in total. The van der Waals surface area contributed by atoms with E-state index in [9.17, 15) is 4.79 Å². The first-order valence-corrected chi connectivity index (χ1v) is 10.00. The summed E-state index contributed by atoms with van der Waals surface area (Å²) in [7, 11) is 2.16. The second kappa shape index (κ2) is 8.65. The highest BCUT2D eigenvalue weighted by molar-refractivity contribution is 5.94. The lowest BCUT2D eigenvalue weighted by Crippen LogP contribution is -2.44. The monoisotopic (exact) mass is 380 g/mol. The van der Waals surface area contributed by atoms with Crippen LogP contribution >= 0.6 is 0 Å². The number of hydrogen-bond donors (Lipinski definition) is 2. The molecule has 3 rings (SSSR count). The number of carbonyl (C=O) groups excluding carboxylic acids is 1. The van der Waals surface area contributed by atoms with Crippen LogP contribution in [0.2, 0.25) is 0 Å². The fourth-order valence-corrected chi connectivity index (χ4v) is 3.48. The Labute approximate surface area is 168 Å². The lowest BCUT2D eigenvalue weighted by Gasteiger charge is -2.34. The number of hydrogen-bond acceptors (Lipinski definition) is 4. The summed E-state index contributed by atoms with van der Waals surface area (Å²) >= 11 is 0. The van der Waals surface area contributed by atoms with E-state index in [0.29, 0.717) is 0 Å². The van der Waals surface area contributed by atoms with Gasteiger partial charge in [-0.1, -0.05) is 39.0 Å². The molecule has 1 amide bonds. The van der Waals surface area contributed by atoms with Crippen molar-refractivity contribution in [2.24, 2.45) is 0 Å². The summed E-state index contributed by atoms with van der Waals surface area (Å²) in [6.07, 6.45) is 0. The van der Waals surface area contributed by atoms with Crippen molar-refractivity contribution in [2.75, 3.05) is 55.3 Å². The van der Waals surface area contributed by atoms with E-state index in [0.717, 1.165) is 43.1 Å². The molecule has 0 aliphatic carbocycles. The molecule has 1 fully saturated rings. The van der Waals surface area contributed by atoms with Crippen LogP contribution in [0.25, 0.3) is 0 Å². The minimum Gasteiger partial charge on any atom is -0.376 e. The van der Waals surface area contributed by atoms with Crippen molar-refractivity contribution in [3.8, 4) is 0 Å². The number of para-hydroxylation sites is 1. The molecule has 0 atom stereocenters. The first-order valence-electron chi connectivity index (χ1n) is 10.00. The predicted molar refractivity (Wildman–Crippen MR) is 118 cm³/mol. The van der Waals surface area contributed by atoms with Gasteiger partial charge in [0.2, 0.25) is 5.91 Å². The maximum Gasteiger partial charge on any atom is 0.243 e. The molecule has 0 unspecified atom stereocenters. The third-order valence-corrected chi connectivity index (χ3v) is 5.20. The van der Waals surface area contributed by atoms with Crippen molar-refractivity contribution in [2.45, 2.75) is 26.2 Å². The Hall–Kier alpha value is -2.53. The average Bonchev–Trinajstić information content (AvgIpc) is 2.67. The normalized spacial score (nSPS) is 15.4. The number of rotatable bonds is 5. The van der Waals surface area contributed by atoms with Crippen LogP contribution in [-0.4, -0.2) is 50.6 Å². The van der Waals surface area contributed by atoms with E-state index in [2.05, 4.69) is 66.5 Å². The largest absolute Gasteiger partial charge is 0.376 e. The zero-order valence-corrected chi connectivity index (χ0v) is 17.5. The smallest absolute Gasteiger partial charge is 0.243 e. The highest BCUT2D eigenvalue weighted by Gasteiger charge is 2.18. The molecule has 1 aliphatic rings. The molecule has 0 aromatic heterocycles. The van der Waals surface area contributed by atoms with Crippen molar-refractivity contribution in [3.05, 3.63) is 54.1 Å². The molecule has 0 bridgehead atoms. The molecule has 5 heteroatoms. The minimum absolute atomic E-state index is 0.0175. The topological polar surface area (TPSA) is 47.6 Å². The van der Waals surface area contributed by atoms with Crippen LogP contribution < -0.4 is 15.5 Å². The first-order chi connectivity index (χ1) is 13.3. The van der Waals surface area contributed by atoms with Gasteiger partial charge in [0.1, 0.15) is 0 Å². The number of benzene rings is 2. The summed E-state index contributed by atoms with van der Waals surface area (Å²) in [5.74, 6) is -0.0418. The fourth-order valence-electron chi connectivity index (χ4n) is 3.48. The van der Waals surface area contributed by atoms with E-state index in [4.69, 9.17) is 0 Å². The number of nitrogens with zero attached hydrogens (tertiary/aromatic N) is 2. The number of nitrogens with one attached hydrogen (secondary N) is 2. The molecule has 0 spiro atoms. The quantitative estimate of drug-likeness (QED) is 0.829. The maximum atomic E-state index is 12.4. The van der Waals surface area contributed by atoms with Gasteiger partial charge in [0.15, 0.2) is 0 Å². The van der Waals surface area contributed by atoms with Crippen molar-refractivity contribution in [3.63, 3.8) is 0 Å². The standard InChI is InChI=1S/C23H32N4O/c1-23(2,3)20-7-5-6-8-21(20)25-22(28)17-24-18-9-11-19(12-10-18)27-15-13-26(4)14-16-27/h5-12,24H,13-17H2,1-4H3,(H,25,28). The average molecular weight is 381 g/mol. The lowest BCUT2D eigenvalue weighted by atomic mass is 9.86. The third-order valence-electron chi connectivity index (χ3n) is 5.20. The zero-order chi connectivity index (χ0) is 20.1. The summed E-state index contributed by atoms with van der Waals surface area (Å²) < 4.78 is 0. The molecule has 0 saturated carbocycles. The van der Waals surface area contributed by atoms with E-state index >= 15 is 0 Å². The molecule has 1 saturated heterocycles. The van der Waals surface area contributed by atoms with Crippen LogP contribution in [-0.2, 0) is 10.2 Å². The van der Waals surface area contributed by atoms with E-state index in [-0.39, 0.29) is 17.9 Å². The molecule has 0 radical (unpaired) electrons. The van der Waals surface area contributed by atoms with Gasteiger partial charge in [-0.05, 0) is 48.4 Å². The van der Waals surface area contributed by atoms with Gasteiger partial charge in [-0.25, -0.2) is 0 Å². The molecule has 150 valence electrons. The second-order valence-electron chi connectivity index (χ2n) is 8.53. The Morgan fingerprint density at radius 3 is 2.25 bits per heavy atom. The van der Waals surface area contributed by atoms with Gasteiger partial charge in [-0.15, -0.1) is 0 Å². The summed E-state index contributed by atoms with van der Waals surface area (Å²) in [6.45, 7) is 11.0. The van der Waals surface area contributed by atoms with Gasteiger partial charge in [0, 0.05) is 43.2 Å². The molecule has 2 aromatic rings. The third kappa shape index (κ3) is 5.26. The van der Waals surface area contributed by atoms with Crippen molar-refractivity contribution < 1.29 is 4.79 Å². The van der Waals surface area contributed by atoms with Crippen LogP contribution in [0.4, 0.5) is 17.1 Å². The first kappa shape index (κ1) is 20.2. The minimum atomic E-state index is -0.0418. The molecule has 1 heterocycles. The highest BCUT2D eigenvalue weighted by Crippen LogP contribution is 2.29. The summed E-state index contributed by atoms with van der Waals surface area (Å²) in [5.41, 5.74) is 4.20. The number of likely N-dealkylation sites (N-methyl/N-ethyl adjacent to an activating group) is 1.